The quantitative estimate of drug-likeness (QED) is 0.675. The van der Waals surface area contributed by atoms with Gasteiger partial charge in [0, 0.05) is 6.04 Å². The van der Waals surface area contributed by atoms with Gasteiger partial charge in [-0.25, -0.2) is 0 Å². The zero-order valence-corrected chi connectivity index (χ0v) is 8.75. The number of hydrogen-bond donors (Lipinski definition) is 1. The summed E-state index contributed by atoms with van der Waals surface area (Å²) in [5.41, 5.74) is 5.72. The Morgan fingerprint density at radius 1 is 1.36 bits per heavy atom. The van der Waals surface area contributed by atoms with Crippen molar-refractivity contribution in [2.75, 3.05) is 0 Å². The molecule has 0 aliphatic rings. The lowest BCUT2D eigenvalue weighted by atomic mass is 10.1. The van der Waals surface area contributed by atoms with Crippen LogP contribution in [0.5, 0.6) is 0 Å². The molecule has 0 amide bonds. The lowest BCUT2D eigenvalue weighted by Gasteiger charge is -2.21. The van der Waals surface area contributed by atoms with E-state index in [1.165, 1.54) is 0 Å². The third-order valence-electron chi connectivity index (χ3n) is 1.70. The van der Waals surface area contributed by atoms with E-state index in [9.17, 15) is 0 Å². The molecule has 0 aliphatic carbocycles. The smallest absolute Gasteiger partial charge is 0.119 e. The highest BCUT2D eigenvalue weighted by atomic mass is 35.5. The van der Waals surface area contributed by atoms with Crippen molar-refractivity contribution in [3.05, 3.63) is 0 Å². The molecule has 2 N–H and O–H groups in total. The Bertz CT molecular complexity index is 104. The molecular formula is C8H17Cl2N. The average Bonchev–Trinajstić information content (AvgIpc) is 1.86. The molecule has 0 spiro atoms. The van der Waals surface area contributed by atoms with Crippen molar-refractivity contribution < 1.29 is 0 Å². The molecule has 0 radical (unpaired) electrons. The zero-order valence-electron chi connectivity index (χ0n) is 7.24. The summed E-state index contributed by atoms with van der Waals surface area (Å²) in [6.07, 6.45) is 3.46. The molecule has 0 heterocycles. The van der Waals surface area contributed by atoms with Crippen LogP contribution in [0.25, 0.3) is 0 Å². The van der Waals surface area contributed by atoms with Gasteiger partial charge in [0.2, 0.25) is 0 Å². The average molecular weight is 198 g/mol. The first-order valence-electron chi connectivity index (χ1n) is 4.15. The van der Waals surface area contributed by atoms with Crippen molar-refractivity contribution >= 4 is 23.2 Å². The maximum atomic E-state index is 6.00. The molecule has 0 aromatic rings. The Labute approximate surface area is 79.2 Å². The molecule has 0 aromatic carbocycles. The highest BCUT2D eigenvalue weighted by molar-refractivity contribution is 6.48. The van der Waals surface area contributed by atoms with E-state index < -0.39 is 4.33 Å². The minimum Gasteiger partial charge on any atom is -0.328 e. The van der Waals surface area contributed by atoms with Crippen molar-refractivity contribution in [3.8, 4) is 0 Å². The fraction of sp³-hybridized carbons (Fsp3) is 1.00. The van der Waals surface area contributed by atoms with Crippen molar-refractivity contribution in [1.29, 1.82) is 0 Å². The van der Waals surface area contributed by atoms with Gasteiger partial charge in [-0.05, 0) is 19.3 Å². The van der Waals surface area contributed by atoms with E-state index in [4.69, 9.17) is 28.9 Å². The van der Waals surface area contributed by atoms with Crippen molar-refractivity contribution in [2.45, 2.75) is 49.9 Å². The Balaban J connectivity index is 3.70. The van der Waals surface area contributed by atoms with E-state index in [2.05, 4.69) is 6.92 Å². The Morgan fingerprint density at radius 2 is 1.91 bits per heavy atom. The standard InChI is InChI=1S/C8H17Cl2N/c1-3-5-8(9,10)6-7(11)4-2/h7H,3-6,11H2,1-2H3. The molecule has 1 atom stereocenters. The maximum Gasteiger partial charge on any atom is 0.119 e. The van der Waals surface area contributed by atoms with Gasteiger partial charge in [0.15, 0.2) is 0 Å². The summed E-state index contributed by atoms with van der Waals surface area (Å²) >= 11 is 12.0. The minimum absolute atomic E-state index is 0.136. The summed E-state index contributed by atoms with van der Waals surface area (Å²) in [5.74, 6) is 0. The van der Waals surface area contributed by atoms with E-state index >= 15 is 0 Å². The summed E-state index contributed by atoms with van der Waals surface area (Å²) in [7, 11) is 0. The number of alkyl halides is 2. The topological polar surface area (TPSA) is 26.0 Å². The van der Waals surface area contributed by atoms with Gasteiger partial charge >= 0.3 is 0 Å². The zero-order chi connectivity index (χ0) is 8.91. The predicted octanol–water partition coefficient (Wildman–Crippen LogP) is 3.09. The fourth-order valence-electron chi connectivity index (χ4n) is 0.996. The first-order valence-corrected chi connectivity index (χ1v) is 4.91. The Hall–Kier alpha value is 0.540. The summed E-state index contributed by atoms with van der Waals surface area (Å²) in [6, 6.07) is 0.136. The molecule has 1 nitrogen and oxygen atoms in total. The number of nitrogens with two attached hydrogens (primary N) is 1. The summed E-state index contributed by atoms with van der Waals surface area (Å²) < 4.78 is -0.607. The first-order chi connectivity index (χ1) is 5.02. The van der Waals surface area contributed by atoms with Crippen LogP contribution in [0.2, 0.25) is 0 Å². The lowest BCUT2D eigenvalue weighted by Crippen LogP contribution is -2.28. The third-order valence-corrected chi connectivity index (χ3v) is 2.39. The van der Waals surface area contributed by atoms with E-state index in [0.29, 0.717) is 6.42 Å². The van der Waals surface area contributed by atoms with Crippen molar-refractivity contribution in [3.63, 3.8) is 0 Å². The Kier molecular flexibility index (Phi) is 5.49. The molecule has 0 bridgehead atoms. The van der Waals surface area contributed by atoms with Crippen LogP contribution in [0.4, 0.5) is 0 Å². The van der Waals surface area contributed by atoms with Crippen molar-refractivity contribution in [2.24, 2.45) is 5.73 Å². The van der Waals surface area contributed by atoms with Crippen LogP contribution < -0.4 is 5.73 Å². The van der Waals surface area contributed by atoms with Gasteiger partial charge in [-0.3, -0.25) is 0 Å². The highest BCUT2D eigenvalue weighted by Crippen LogP contribution is 2.31. The fourth-order valence-corrected chi connectivity index (χ4v) is 1.77. The molecule has 0 saturated carbocycles. The molecule has 1 unspecified atom stereocenters. The van der Waals surface area contributed by atoms with Gasteiger partial charge in [0.25, 0.3) is 0 Å². The van der Waals surface area contributed by atoms with E-state index in [1.54, 1.807) is 0 Å². The van der Waals surface area contributed by atoms with E-state index in [0.717, 1.165) is 19.3 Å². The van der Waals surface area contributed by atoms with E-state index in [-0.39, 0.29) is 6.04 Å². The second-order valence-corrected chi connectivity index (χ2v) is 4.62. The van der Waals surface area contributed by atoms with Gasteiger partial charge in [-0.15, -0.1) is 23.2 Å². The van der Waals surface area contributed by atoms with Crippen LogP contribution >= 0.6 is 23.2 Å². The lowest BCUT2D eigenvalue weighted by molar-refractivity contribution is 0.523. The predicted molar refractivity (Wildman–Crippen MR) is 52.2 cm³/mol. The van der Waals surface area contributed by atoms with Crippen LogP contribution in [-0.2, 0) is 0 Å². The highest BCUT2D eigenvalue weighted by Gasteiger charge is 2.24. The van der Waals surface area contributed by atoms with Crippen molar-refractivity contribution in [1.82, 2.24) is 0 Å². The van der Waals surface area contributed by atoms with Crippen LogP contribution in [-0.4, -0.2) is 10.4 Å². The third kappa shape index (κ3) is 5.77. The van der Waals surface area contributed by atoms with E-state index in [1.807, 2.05) is 6.92 Å². The first kappa shape index (κ1) is 11.5. The normalized spacial score (nSPS) is 15.0. The van der Waals surface area contributed by atoms with Gasteiger partial charge in [-0.1, -0.05) is 20.3 Å². The van der Waals surface area contributed by atoms with Crippen LogP contribution in [0.15, 0.2) is 0 Å². The minimum atomic E-state index is -0.607. The maximum absolute atomic E-state index is 6.00. The van der Waals surface area contributed by atoms with Crippen LogP contribution in [0.3, 0.4) is 0 Å². The molecule has 68 valence electrons. The van der Waals surface area contributed by atoms with Gasteiger partial charge in [-0.2, -0.15) is 0 Å². The Morgan fingerprint density at radius 3 is 2.27 bits per heavy atom. The molecule has 0 aromatic heterocycles. The van der Waals surface area contributed by atoms with Gasteiger partial charge in [0.05, 0.1) is 0 Å². The summed E-state index contributed by atoms with van der Waals surface area (Å²) in [4.78, 5) is 0. The molecule has 11 heavy (non-hydrogen) atoms. The summed E-state index contributed by atoms with van der Waals surface area (Å²) in [6.45, 7) is 4.11. The molecule has 0 aliphatic heterocycles. The van der Waals surface area contributed by atoms with Crippen LogP contribution in [0.1, 0.15) is 39.5 Å². The second kappa shape index (κ2) is 5.23. The van der Waals surface area contributed by atoms with Gasteiger partial charge < -0.3 is 5.73 Å². The largest absolute Gasteiger partial charge is 0.328 e. The molecule has 3 heteroatoms. The monoisotopic (exact) mass is 197 g/mol. The number of rotatable bonds is 5. The molecule has 0 saturated heterocycles. The summed E-state index contributed by atoms with van der Waals surface area (Å²) in [5, 5.41) is 0. The molecule has 0 fully saturated rings. The molecule has 0 rings (SSSR count). The van der Waals surface area contributed by atoms with Crippen LogP contribution in [0, 0.1) is 0 Å². The number of halogens is 2. The number of hydrogen-bond acceptors (Lipinski definition) is 1. The SMILES string of the molecule is CCCC(Cl)(Cl)CC(N)CC. The van der Waals surface area contributed by atoms with Gasteiger partial charge in [0.1, 0.15) is 4.33 Å². The second-order valence-electron chi connectivity index (χ2n) is 2.98. The molecular weight excluding hydrogens is 181 g/mol.